The second-order valence-corrected chi connectivity index (χ2v) is 7.54. The van der Waals surface area contributed by atoms with Crippen LogP contribution in [-0.4, -0.2) is 32.5 Å². The normalized spacial score (nSPS) is 13.0. The molecule has 10 heteroatoms. The van der Waals surface area contributed by atoms with E-state index in [-0.39, 0.29) is 28.4 Å². The van der Waals surface area contributed by atoms with Crippen LogP contribution in [0.3, 0.4) is 0 Å². The molecule has 164 valence electrons. The van der Waals surface area contributed by atoms with Crippen LogP contribution in [0, 0.1) is 18.6 Å². The molecule has 3 heterocycles. The van der Waals surface area contributed by atoms with E-state index in [0.29, 0.717) is 22.5 Å². The van der Waals surface area contributed by atoms with E-state index in [1.807, 2.05) is 0 Å². The van der Waals surface area contributed by atoms with Gasteiger partial charge in [-0.3, -0.25) is 14.4 Å². The third-order valence-corrected chi connectivity index (χ3v) is 5.26. The molecule has 2 aromatic carbocycles. The molecule has 2 aromatic heterocycles. The average molecular weight is 447 g/mol. The fourth-order valence-electron chi connectivity index (χ4n) is 3.93. The van der Waals surface area contributed by atoms with Gasteiger partial charge in [-0.25, -0.2) is 23.3 Å². The number of benzene rings is 2. The van der Waals surface area contributed by atoms with E-state index in [4.69, 9.17) is 0 Å². The van der Waals surface area contributed by atoms with Crippen LogP contribution < -0.4 is 10.2 Å². The van der Waals surface area contributed by atoms with Crippen molar-refractivity contribution in [3.63, 3.8) is 0 Å². The highest BCUT2D eigenvalue weighted by Crippen LogP contribution is 2.35. The van der Waals surface area contributed by atoms with E-state index >= 15 is 0 Å². The highest BCUT2D eigenvalue weighted by molar-refractivity contribution is 6.37. The highest BCUT2D eigenvalue weighted by Gasteiger charge is 2.40. The molecule has 0 atom stereocenters. The Morgan fingerprint density at radius 2 is 1.64 bits per heavy atom. The number of fused-ring (bicyclic) bond motifs is 3. The Hall–Kier alpha value is -4.47. The fourth-order valence-corrected chi connectivity index (χ4v) is 3.93. The molecule has 33 heavy (non-hydrogen) atoms. The molecule has 0 aliphatic carbocycles. The minimum Gasteiger partial charge on any atom is -0.326 e. The van der Waals surface area contributed by atoms with Gasteiger partial charge >= 0.3 is 0 Å². The van der Waals surface area contributed by atoms with Gasteiger partial charge in [0.1, 0.15) is 11.6 Å². The van der Waals surface area contributed by atoms with Gasteiger partial charge in [-0.15, -0.1) is 0 Å². The number of carbonyl (C=O) groups is 3. The summed E-state index contributed by atoms with van der Waals surface area (Å²) in [6, 6.07) is 9.18. The van der Waals surface area contributed by atoms with Crippen LogP contribution in [0.1, 0.15) is 33.3 Å². The lowest BCUT2D eigenvalue weighted by Crippen LogP contribution is -2.29. The van der Waals surface area contributed by atoms with Crippen LogP contribution in [0.5, 0.6) is 0 Å². The number of imide groups is 1. The number of aryl methyl sites for hydroxylation is 1. The van der Waals surface area contributed by atoms with Crippen LogP contribution in [0.25, 0.3) is 16.7 Å². The van der Waals surface area contributed by atoms with Crippen LogP contribution in [0.15, 0.2) is 48.7 Å². The Morgan fingerprint density at radius 1 is 0.970 bits per heavy atom. The maximum Gasteiger partial charge on any atom is 0.267 e. The first-order chi connectivity index (χ1) is 15.7. The predicted molar refractivity (Wildman–Crippen MR) is 115 cm³/mol. The monoisotopic (exact) mass is 447 g/mol. The van der Waals surface area contributed by atoms with Crippen molar-refractivity contribution in [2.75, 3.05) is 10.2 Å². The summed E-state index contributed by atoms with van der Waals surface area (Å²) in [6.45, 7) is 3.00. The summed E-state index contributed by atoms with van der Waals surface area (Å²) >= 11 is 0. The molecule has 0 fully saturated rings. The first kappa shape index (κ1) is 20.4. The first-order valence-electron chi connectivity index (χ1n) is 9.86. The Labute approximate surface area is 185 Å². The molecule has 5 rings (SSSR count). The lowest BCUT2D eigenvalue weighted by Gasteiger charge is -2.14. The van der Waals surface area contributed by atoms with Crippen molar-refractivity contribution in [1.29, 1.82) is 0 Å². The van der Waals surface area contributed by atoms with Gasteiger partial charge in [0.2, 0.25) is 5.91 Å². The number of carbonyl (C=O) groups excluding carboxylic acids is 3. The minimum atomic E-state index is -0.785. The number of hydrogen-bond donors (Lipinski definition) is 1. The standard InChI is InChI=1S/C23H15F2N5O3/c1-11-19-20-18(10-26-21(19)30(28-11)17-8-13(24)7-14(25)9-17)22(32)29(23(20)33)16-5-3-15(4-6-16)27-12(2)31/h3-10H,1-2H3,(H,27,31). The summed E-state index contributed by atoms with van der Waals surface area (Å²) in [5.41, 5.74) is 1.73. The molecule has 8 nitrogen and oxygen atoms in total. The molecule has 0 saturated heterocycles. The zero-order valence-electron chi connectivity index (χ0n) is 17.4. The lowest BCUT2D eigenvalue weighted by atomic mass is 10.1. The van der Waals surface area contributed by atoms with Gasteiger partial charge in [-0.1, -0.05) is 0 Å². The highest BCUT2D eigenvalue weighted by atomic mass is 19.1. The van der Waals surface area contributed by atoms with Crippen LogP contribution in [0.2, 0.25) is 0 Å². The summed E-state index contributed by atoms with van der Waals surface area (Å²) < 4.78 is 28.8. The van der Waals surface area contributed by atoms with E-state index in [9.17, 15) is 23.2 Å². The number of aromatic nitrogens is 3. The molecule has 1 N–H and O–H groups in total. The van der Waals surface area contributed by atoms with E-state index in [2.05, 4.69) is 15.4 Å². The summed E-state index contributed by atoms with van der Waals surface area (Å²) in [7, 11) is 0. The third kappa shape index (κ3) is 3.23. The predicted octanol–water partition coefficient (Wildman–Crippen LogP) is 3.77. The van der Waals surface area contributed by atoms with Crippen molar-refractivity contribution in [1.82, 2.24) is 14.8 Å². The fraction of sp³-hybridized carbons (Fsp3) is 0.0870. The maximum atomic E-state index is 13.8. The van der Waals surface area contributed by atoms with E-state index in [0.717, 1.165) is 23.1 Å². The Morgan fingerprint density at radius 3 is 2.27 bits per heavy atom. The number of hydrogen-bond acceptors (Lipinski definition) is 5. The van der Waals surface area contributed by atoms with Gasteiger partial charge in [0.15, 0.2) is 5.65 Å². The van der Waals surface area contributed by atoms with Crippen molar-refractivity contribution in [3.05, 3.63) is 77.1 Å². The second-order valence-electron chi connectivity index (χ2n) is 7.54. The van der Waals surface area contributed by atoms with Crippen molar-refractivity contribution < 1.29 is 23.2 Å². The number of nitrogens with one attached hydrogen (secondary N) is 1. The van der Waals surface area contributed by atoms with Gasteiger partial charge in [0.05, 0.1) is 33.6 Å². The smallest absolute Gasteiger partial charge is 0.267 e. The van der Waals surface area contributed by atoms with E-state index in [1.165, 1.54) is 17.8 Å². The summed E-state index contributed by atoms with van der Waals surface area (Å²) in [5, 5.41) is 7.26. The number of pyridine rings is 1. The number of rotatable bonds is 3. The lowest BCUT2D eigenvalue weighted by molar-refractivity contribution is -0.114. The summed E-state index contributed by atoms with van der Waals surface area (Å²) in [5.74, 6) is -2.94. The molecule has 0 unspecified atom stereocenters. The van der Waals surface area contributed by atoms with Crippen molar-refractivity contribution in [3.8, 4) is 5.69 Å². The van der Waals surface area contributed by atoms with Crippen LogP contribution in [-0.2, 0) is 4.79 Å². The van der Waals surface area contributed by atoms with Crippen molar-refractivity contribution in [2.45, 2.75) is 13.8 Å². The summed E-state index contributed by atoms with van der Waals surface area (Å²) in [4.78, 5) is 42.9. The molecule has 4 aromatic rings. The first-order valence-corrected chi connectivity index (χ1v) is 9.86. The van der Waals surface area contributed by atoms with Crippen molar-refractivity contribution in [2.24, 2.45) is 0 Å². The van der Waals surface area contributed by atoms with Gasteiger partial charge in [0.25, 0.3) is 11.8 Å². The molecule has 0 radical (unpaired) electrons. The van der Waals surface area contributed by atoms with Gasteiger partial charge in [-0.2, -0.15) is 5.10 Å². The third-order valence-electron chi connectivity index (χ3n) is 5.26. The largest absolute Gasteiger partial charge is 0.326 e. The number of anilines is 2. The van der Waals surface area contributed by atoms with Crippen molar-refractivity contribution >= 4 is 40.1 Å². The minimum absolute atomic E-state index is 0.0974. The zero-order chi connectivity index (χ0) is 23.4. The van der Waals surface area contributed by atoms with Gasteiger partial charge in [0, 0.05) is 24.9 Å². The number of nitrogens with zero attached hydrogens (tertiary/aromatic N) is 4. The molecule has 3 amide bonds. The quantitative estimate of drug-likeness (QED) is 0.483. The molecule has 1 aliphatic heterocycles. The van der Waals surface area contributed by atoms with Gasteiger partial charge < -0.3 is 5.32 Å². The van der Waals surface area contributed by atoms with E-state index in [1.54, 1.807) is 31.2 Å². The molecular weight excluding hydrogens is 432 g/mol. The molecular formula is C23H15F2N5O3. The van der Waals surface area contributed by atoms with Crippen LogP contribution in [0.4, 0.5) is 20.2 Å². The summed E-state index contributed by atoms with van der Waals surface area (Å²) in [6.07, 6.45) is 1.26. The Bertz CT molecular complexity index is 1470. The molecule has 0 bridgehead atoms. The average Bonchev–Trinajstić information content (AvgIpc) is 3.22. The second kappa shape index (κ2) is 7.30. The molecule has 1 aliphatic rings. The Kier molecular flexibility index (Phi) is 4.52. The maximum absolute atomic E-state index is 13.8. The van der Waals surface area contributed by atoms with Crippen LogP contribution >= 0.6 is 0 Å². The molecule has 0 saturated carbocycles. The molecule has 0 spiro atoms. The van der Waals surface area contributed by atoms with E-state index < -0.39 is 23.4 Å². The number of halogens is 2. The topological polar surface area (TPSA) is 97.2 Å². The number of amides is 3. The zero-order valence-corrected chi connectivity index (χ0v) is 17.4. The Balaban J connectivity index is 1.62. The van der Waals surface area contributed by atoms with Gasteiger partial charge in [-0.05, 0) is 43.3 Å². The SMILES string of the molecule is CC(=O)Nc1ccc(N2C(=O)c3cnc4c(c(C)nn4-c4cc(F)cc(F)c4)c3C2=O)cc1.